The zero-order valence-electron chi connectivity index (χ0n) is 15.8. The molecule has 2 heterocycles. The number of nitrogens with zero attached hydrogens (tertiary/aromatic N) is 4. The number of nitrogens with one attached hydrogen (secondary N) is 2. The molecule has 1 atom stereocenters. The molecule has 0 aliphatic rings. The molecule has 0 saturated heterocycles. The standard InChI is InChI=1S/C19H23ClN6S.HI/c1-3-18-25-16(13-27-18)11-22-19(21-2)23-12-17(26-10-4-9-24-26)14-5-7-15(20)8-6-14;/h4-10,13,17H,3,11-12H2,1-2H3,(H2,21,22,23);1H. The van der Waals surface area contributed by atoms with Crippen molar-refractivity contribution < 1.29 is 0 Å². The van der Waals surface area contributed by atoms with E-state index in [-0.39, 0.29) is 30.0 Å². The number of hydrogen-bond donors (Lipinski definition) is 2. The van der Waals surface area contributed by atoms with E-state index in [0.29, 0.717) is 13.1 Å². The fourth-order valence-corrected chi connectivity index (χ4v) is 3.57. The summed E-state index contributed by atoms with van der Waals surface area (Å²) in [5.74, 6) is 0.729. The van der Waals surface area contributed by atoms with Gasteiger partial charge in [0.1, 0.15) is 0 Å². The summed E-state index contributed by atoms with van der Waals surface area (Å²) < 4.78 is 1.93. The predicted molar refractivity (Wildman–Crippen MR) is 127 cm³/mol. The Morgan fingerprint density at radius 2 is 2.07 bits per heavy atom. The van der Waals surface area contributed by atoms with Crippen LogP contribution in [0, 0.1) is 0 Å². The second kappa shape index (κ2) is 11.4. The van der Waals surface area contributed by atoms with Crippen molar-refractivity contribution in [2.75, 3.05) is 13.6 Å². The molecule has 0 fully saturated rings. The molecule has 0 bridgehead atoms. The van der Waals surface area contributed by atoms with Crippen LogP contribution < -0.4 is 10.6 Å². The van der Waals surface area contributed by atoms with Crippen LogP contribution in [0.3, 0.4) is 0 Å². The summed E-state index contributed by atoms with van der Waals surface area (Å²) in [6, 6.07) is 9.79. The van der Waals surface area contributed by atoms with Crippen LogP contribution in [0.2, 0.25) is 5.02 Å². The lowest BCUT2D eigenvalue weighted by molar-refractivity contribution is 0.510. The van der Waals surface area contributed by atoms with E-state index in [9.17, 15) is 0 Å². The highest BCUT2D eigenvalue weighted by Gasteiger charge is 2.15. The Bertz CT molecular complexity index is 863. The number of aliphatic imine (C=N–C) groups is 1. The fraction of sp³-hybridized carbons (Fsp3) is 0.316. The van der Waals surface area contributed by atoms with Crippen LogP contribution >= 0.6 is 46.9 Å². The molecule has 6 nitrogen and oxygen atoms in total. The van der Waals surface area contributed by atoms with Crippen molar-refractivity contribution in [1.29, 1.82) is 0 Å². The third-order valence-corrected chi connectivity index (χ3v) is 5.42. The van der Waals surface area contributed by atoms with Gasteiger partial charge in [-0.15, -0.1) is 35.3 Å². The highest BCUT2D eigenvalue weighted by molar-refractivity contribution is 14.0. The molecule has 0 amide bonds. The van der Waals surface area contributed by atoms with Crippen LogP contribution in [0.1, 0.15) is 29.2 Å². The zero-order valence-corrected chi connectivity index (χ0v) is 19.7. The van der Waals surface area contributed by atoms with E-state index in [2.05, 4.69) is 38.0 Å². The minimum Gasteiger partial charge on any atom is -0.354 e. The van der Waals surface area contributed by atoms with Gasteiger partial charge in [-0.05, 0) is 30.2 Å². The predicted octanol–water partition coefficient (Wildman–Crippen LogP) is 4.13. The molecule has 9 heteroatoms. The molecule has 1 aromatic carbocycles. The number of halogens is 2. The van der Waals surface area contributed by atoms with E-state index >= 15 is 0 Å². The van der Waals surface area contributed by atoms with Crippen molar-refractivity contribution in [3.63, 3.8) is 0 Å². The first-order valence-corrected chi connectivity index (χ1v) is 10.1. The van der Waals surface area contributed by atoms with Gasteiger partial charge in [0, 0.05) is 36.4 Å². The van der Waals surface area contributed by atoms with E-state index in [1.165, 1.54) is 0 Å². The number of aromatic nitrogens is 3. The van der Waals surface area contributed by atoms with Gasteiger partial charge in [-0.25, -0.2) is 4.98 Å². The van der Waals surface area contributed by atoms with Gasteiger partial charge in [-0.2, -0.15) is 5.10 Å². The van der Waals surface area contributed by atoms with Crippen molar-refractivity contribution in [2.24, 2.45) is 4.99 Å². The van der Waals surface area contributed by atoms with Crippen molar-refractivity contribution >= 4 is 52.9 Å². The first-order chi connectivity index (χ1) is 13.2. The maximum atomic E-state index is 6.03. The summed E-state index contributed by atoms with van der Waals surface area (Å²) in [5.41, 5.74) is 2.15. The Hall–Kier alpha value is -1.65. The van der Waals surface area contributed by atoms with E-state index in [4.69, 9.17) is 11.6 Å². The molecule has 0 aliphatic heterocycles. The normalized spacial score (nSPS) is 12.3. The summed E-state index contributed by atoms with van der Waals surface area (Å²) in [7, 11) is 1.76. The molecule has 0 radical (unpaired) electrons. The van der Waals surface area contributed by atoms with Crippen LogP contribution in [0.4, 0.5) is 0 Å². The second-order valence-corrected chi connectivity index (χ2v) is 7.33. The first kappa shape index (κ1) is 22.6. The lowest BCUT2D eigenvalue weighted by Gasteiger charge is -2.20. The van der Waals surface area contributed by atoms with Gasteiger partial charge >= 0.3 is 0 Å². The topological polar surface area (TPSA) is 67.1 Å². The minimum atomic E-state index is 0. The molecule has 150 valence electrons. The molecule has 2 N–H and O–H groups in total. The Morgan fingerprint density at radius 1 is 1.29 bits per heavy atom. The quantitative estimate of drug-likeness (QED) is 0.274. The maximum absolute atomic E-state index is 6.03. The minimum absolute atomic E-state index is 0. The van der Waals surface area contributed by atoms with Crippen molar-refractivity contribution in [3.05, 3.63) is 69.4 Å². The van der Waals surface area contributed by atoms with Crippen LogP contribution in [-0.4, -0.2) is 34.3 Å². The summed E-state index contributed by atoms with van der Waals surface area (Å²) in [4.78, 5) is 8.88. The molecular weight excluding hydrogens is 507 g/mol. The Labute approximate surface area is 191 Å². The SMILES string of the molecule is CCc1nc(CNC(=NC)NCC(c2ccc(Cl)cc2)n2cccn2)cs1.I. The van der Waals surface area contributed by atoms with Gasteiger partial charge in [0.05, 0.1) is 23.3 Å². The lowest BCUT2D eigenvalue weighted by atomic mass is 10.1. The average Bonchev–Trinajstić information content (AvgIpc) is 3.37. The van der Waals surface area contributed by atoms with Crippen LogP contribution in [0.25, 0.3) is 0 Å². The monoisotopic (exact) mass is 530 g/mol. The average molecular weight is 531 g/mol. The highest BCUT2D eigenvalue weighted by Crippen LogP contribution is 2.19. The van der Waals surface area contributed by atoms with Crippen LogP contribution in [-0.2, 0) is 13.0 Å². The van der Waals surface area contributed by atoms with Gasteiger partial charge in [-0.3, -0.25) is 9.67 Å². The van der Waals surface area contributed by atoms with Gasteiger partial charge in [-0.1, -0.05) is 30.7 Å². The van der Waals surface area contributed by atoms with Gasteiger partial charge < -0.3 is 10.6 Å². The summed E-state index contributed by atoms with van der Waals surface area (Å²) in [5, 5.41) is 15.1. The highest BCUT2D eigenvalue weighted by atomic mass is 127. The third kappa shape index (κ3) is 6.18. The van der Waals surface area contributed by atoms with Crippen LogP contribution in [0.15, 0.2) is 53.1 Å². The summed E-state index contributed by atoms with van der Waals surface area (Å²) >= 11 is 7.72. The molecular formula is C19H24ClIN6S. The number of guanidine groups is 1. The number of aryl methyl sites for hydroxylation is 1. The molecule has 3 rings (SSSR count). The summed E-state index contributed by atoms with van der Waals surface area (Å²) in [6.45, 7) is 3.40. The third-order valence-electron chi connectivity index (χ3n) is 4.12. The largest absolute Gasteiger partial charge is 0.354 e. The van der Waals surface area contributed by atoms with E-state index in [0.717, 1.165) is 33.7 Å². The molecule has 0 spiro atoms. The fourth-order valence-electron chi connectivity index (χ4n) is 2.69. The molecule has 0 aliphatic carbocycles. The number of hydrogen-bond acceptors (Lipinski definition) is 4. The molecule has 1 unspecified atom stereocenters. The van der Waals surface area contributed by atoms with Crippen molar-refractivity contribution in [1.82, 2.24) is 25.4 Å². The molecule has 2 aromatic heterocycles. The van der Waals surface area contributed by atoms with Gasteiger partial charge in [0.15, 0.2) is 5.96 Å². The smallest absolute Gasteiger partial charge is 0.191 e. The zero-order chi connectivity index (χ0) is 19.1. The second-order valence-electron chi connectivity index (χ2n) is 5.95. The Kier molecular flexibility index (Phi) is 9.20. The van der Waals surface area contributed by atoms with Crippen LogP contribution in [0.5, 0.6) is 0 Å². The molecule has 28 heavy (non-hydrogen) atoms. The maximum Gasteiger partial charge on any atom is 0.191 e. The van der Waals surface area contributed by atoms with E-state index < -0.39 is 0 Å². The lowest BCUT2D eigenvalue weighted by Crippen LogP contribution is -2.40. The van der Waals surface area contributed by atoms with E-state index in [1.54, 1.807) is 24.6 Å². The number of rotatable bonds is 7. The molecule has 3 aromatic rings. The molecule has 0 saturated carbocycles. The number of thiazole rings is 1. The summed E-state index contributed by atoms with van der Waals surface area (Å²) in [6.07, 6.45) is 4.70. The van der Waals surface area contributed by atoms with Crippen molar-refractivity contribution in [3.8, 4) is 0 Å². The Morgan fingerprint density at radius 3 is 2.68 bits per heavy atom. The van der Waals surface area contributed by atoms with Gasteiger partial charge in [0.25, 0.3) is 0 Å². The van der Waals surface area contributed by atoms with Gasteiger partial charge in [0.2, 0.25) is 0 Å². The van der Waals surface area contributed by atoms with Crippen molar-refractivity contribution in [2.45, 2.75) is 25.9 Å². The Balaban J connectivity index is 0.00000280. The van der Waals surface area contributed by atoms with E-state index in [1.807, 2.05) is 41.2 Å². The first-order valence-electron chi connectivity index (χ1n) is 8.82. The number of benzene rings is 1.